The van der Waals surface area contributed by atoms with E-state index in [4.69, 9.17) is 16.3 Å². The largest absolute Gasteiger partial charge is 0.436 e. The van der Waals surface area contributed by atoms with E-state index in [1.165, 1.54) is 41.7 Å². The quantitative estimate of drug-likeness (QED) is 0.244. The minimum absolute atomic E-state index is 0.0851. The van der Waals surface area contributed by atoms with Crippen molar-refractivity contribution in [2.45, 2.75) is 36.6 Å². The number of carbonyl (C=O) groups is 1. The molecule has 2 atom stereocenters. The normalized spacial score (nSPS) is 21.9. The molecule has 0 aliphatic carbocycles. The lowest BCUT2D eigenvalue weighted by Crippen LogP contribution is -2.69. The van der Waals surface area contributed by atoms with Gasteiger partial charge in [-0.1, -0.05) is 17.7 Å². The van der Waals surface area contributed by atoms with Gasteiger partial charge in [-0.2, -0.15) is 13.2 Å². The zero-order valence-corrected chi connectivity index (χ0v) is 22.5. The number of aromatic nitrogens is 3. The summed E-state index contributed by atoms with van der Waals surface area (Å²) < 4.78 is 59.3. The van der Waals surface area contributed by atoms with E-state index in [0.717, 1.165) is 0 Å². The highest BCUT2D eigenvalue weighted by atomic mass is 35.5. The molecular formula is C26H24ClF4N7O4. The Morgan fingerprint density at radius 3 is 2.62 bits per heavy atom. The molecule has 3 aliphatic heterocycles. The smallest absolute Gasteiger partial charge is 0.420 e. The van der Waals surface area contributed by atoms with Crippen LogP contribution in [0.2, 0.25) is 5.02 Å². The van der Waals surface area contributed by atoms with Gasteiger partial charge in [0.25, 0.3) is 0 Å². The average Bonchev–Trinajstić information content (AvgIpc) is 3.35. The molecule has 3 aliphatic rings. The standard InChI is InChI=1S/C26H24ClF4N7O4/c27-15-2-3-16-20(21(15)28)24(42-23(40)36-16)5-6-37(11-24)19-10-32-9-17(35-19)22(39)34-8-14-1-4-18(33-7-14)38-12-25(41,13-38)26(29,30)31/h1-4,7,9-10,22,34,39,41H,5-6,8,11-13H2,(H,36,40)/t22?,24-/m1/s1. The van der Waals surface area contributed by atoms with Crippen LogP contribution in [0.1, 0.15) is 29.5 Å². The lowest BCUT2D eigenvalue weighted by Gasteiger charge is -2.47. The number of rotatable bonds is 6. The zero-order chi connectivity index (χ0) is 29.9. The van der Waals surface area contributed by atoms with E-state index in [1.807, 2.05) is 0 Å². The number of pyridine rings is 1. The first-order chi connectivity index (χ1) is 19.9. The maximum Gasteiger partial charge on any atom is 0.420 e. The van der Waals surface area contributed by atoms with E-state index in [2.05, 4.69) is 25.6 Å². The molecule has 42 heavy (non-hydrogen) atoms. The molecular weight excluding hydrogens is 586 g/mol. The maximum absolute atomic E-state index is 15.1. The number of hydrogen-bond acceptors (Lipinski definition) is 10. The lowest BCUT2D eigenvalue weighted by atomic mass is 9.89. The number of fused-ring (bicyclic) bond motifs is 2. The summed E-state index contributed by atoms with van der Waals surface area (Å²) in [4.78, 5) is 28.1. The third-order valence-corrected chi connectivity index (χ3v) is 7.91. The maximum atomic E-state index is 15.1. The van der Waals surface area contributed by atoms with Crippen LogP contribution in [0.15, 0.2) is 42.9 Å². The Hall–Kier alpha value is -3.79. The van der Waals surface area contributed by atoms with E-state index >= 15 is 4.39 Å². The van der Waals surface area contributed by atoms with Gasteiger partial charge < -0.3 is 24.7 Å². The van der Waals surface area contributed by atoms with Crippen LogP contribution in [-0.4, -0.2) is 69.2 Å². The highest BCUT2D eigenvalue weighted by molar-refractivity contribution is 6.31. The van der Waals surface area contributed by atoms with Crippen molar-refractivity contribution in [3.63, 3.8) is 0 Å². The van der Waals surface area contributed by atoms with Gasteiger partial charge in [-0.15, -0.1) is 0 Å². The van der Waals surface area contributed by atoms with Crippen molar-refractivity contribution in [2.24, 2.45) is 0 Å². The molecule has 2 fully saturated rings. The number of alkyl halides is 3. The SMILES string of the molecule is O=C1Nc2ccc(Cl)c(F)c2[C@]2(CCN(c3cncc(C(O)NCc4ccc(N5CC(O)(C(F)(F)F)C5)nc4)n3)C2)O1. The van der Waals surface area contributed by atoms with Gasteiger partial charge in [0.1, 0.15) is 23.6 Å². The van der Waals surface area contributed by atoms with Gasteiger partial charge in [-0.25, -0.2) is 19.2 Å². The third-order valence-electron chi connectivity index (χ3n) is 7.62. The van der Waals surface area contributed by atoms with Crippen molar-refractivity contribution < 1.29 is 37.3 Å². The first kappa shape index (κ1) is 28.3. The second kappa shape index (κ2) is 10.2. The molecule has 2 saturated heterocycles. The van der Waals surface area contributed by atoms with Crippen LogP contribution >= 0.6 is 11.6 Å². The number of carbonyl (C=O) groups excluding carboxylic acids is 1. The van der Waals surface area contributed by atoms with Crippen molar-refractivity contribution in [3.8, 4) is 0 Å². The number of nitrogens with zero attached hydrogens (tertiary/aromatic N) is 5. The molecule has 1 amide bonds. The summed E-state index contributed by atoms with van der Waals surface area (Å²) in [7, 11) is 0. The van der Waals surface area contributed by atoms with Gasteiger partial charge in [0, 0.05) is 25.7 Å². The van der Waals surface area contributed by atoms with Gasteiger partial charge in [0.2, 0.25) is 0 Å². The number of amides is 1. The average molecular weight is 610 g/mol. The number of β-amino-alcohol motifs (C(OH)–C–C–N with tert-alkyl or cyclic N) is 1. The summed E-state index contributed by atoms with van der Waals surface area (Å²) in [5.41, 5.74) is -2.75. The predicted molar refractivity (Wildman–Crippen MR) is 141 cm³/mol. The highest BCUT2D eigenvalue weighted by Gasteiger charge is 2.61. The molecule has 2 aromatic heterocycles. The van der Waals surface area contributed by atoms with Gasteiger partial charge in [-0.3, -0.25) is 15.6 Å². The molecule has 3 aromatic rings. The second-order valence-electron chi connectivity index (χ2n) is 10.5. The minimum atomic E-state index is -4.71. The summed E-state index contributed by atoms with van der Waals surface area (Å²) >= 11 is 6.02. The van der Waals surface area contributed by atoms with Crippen LogP contribution in [0, 0.1) is 5.82 Å². The minimum Gasteiger partial charge on any atom is -0.436 e. The van der Waals surface area contributed by atoms with Gasteiger partial charge >= 0.3 is 12.3 Å². The van der Waals surface area contributed by atoms with Crippen LogP contribution in [0.3, 0.4) is 0 Å². The van der Waals surface area contributed by atoms with E-state index in [1.54, 1.807) is 11.0 Å². The summed E-state index contributed by atoms with van der Waals surface area (Å²) in [6, 6.07) is 6.06. The van der Waals surface area contributed by atoms with Crippen molar-refractivity contribution >= 4 is 35.0 Å². The molecule has 16 heteroatoms. The highest BCUT2D eigenvalue weighted by Crippen LogP contribution is 2.46. The molecule has 222 valence electrons. The van der Waals surface area contributed by atoms with E-state index < -0.39 is 48.6 Å². The number of hydrogen-bond donors (Lipinski definition) is 4. The number of halogens is 5. The number of aliphatic hydroxyl groups excluding tert-OH is 1. The fraction of sp³-hybridized carbons (Fsp3) is 0.385. The van der Waals surface area contributed by atoms with Crippen LogP contribution in [0.4, 0.5) is 39.7 Å². The first-order valence-electron chi connectivity index (χ1n) is 12.8. The summed E-state index contributed by atoms with van der Waals surface area (Å²) in [5, 5.41) is 25.6. The fourth-order valence-electron chi connectivity index (χ4n) is 5.34. The number of nitrogens with one attached hydrogen (secondary N) is 2. The molecule has 1 aromatic carbocycles. The topological polar surface area (TPSA) is 136 Å². The Morgan fingerprint density at radius 2 is 1.90 bits per heavy atom. The third kappa shape index (κ3) is 4.95. The zero-order valence-electron chi connectivity index (χ0n) is 21.7. The lowest BCUT2D eigenvalue weighted by molar-refractivity contribution is -0.267. The number of benzene rings is 1. The summed E-state index contributed by atoms with van der Waals surface area (Å²) in [6.07, 6.45) is -2.08. The molecule has 11 nitrogen and oxygen atoms in total. The van der Waals surface area contributed by atoms with Crippen LogP contribution in [0.5, 0.6) is 0 Å². The van der Waals surface area contributed by atoms with Crippen LogP contribution in [0.25, 0.3) is 0 Å². The van der Waals surface area contributed by atoms with Gasteiger partial charge in [-0.05, 0) is 23.8 Å². The number of aliphatic hydroxyl groups is 2. The van der Waals surface area contributed by atoms with Crippen LogP contribution in [-0.2, 0) is 16.9 Å². The number of ether oxygens (including phenoxy) is 1. The van der Waals surface area contributed by atoms with E-state index in [0.29, 0.717) is 23.7 Å². The Balaban J connectivity index is 1.10. The summed E-state index contributed by atoms with van der Waals surface area (Å²) in [5.74, 6) is -0.00626. The molecule has 0 radical (unpaired) electrons. The Morgan fingerprint density at radius 1 is 1.12 bits per heavy atom. The van der Waals surface area contributed by atoms with Crippen LogP contribution < -0.4 is 20.4 Å². The fourth-order valence-corrected chi connectivity index (χ4v) is 5.49. The Kier molecular flexibility index (Phi) is 6.87. The predicted octanol–water partition coefficient (Wildman–Crippen LogP) is 3.23. The van der Waals surface area contributed by atoms with E-state index in [-0.39, 0.29) is 41.5 Å². The number of anilines is 3. The monoisotopic (exact) mass is 609 g/mol. The van der Waals surface area contributed by atoms with Crippen molar-refractivity contribution in [3.05, 3.63) is 70.5 Å². The van der Waals surface area contributed by atoms with Gasteiger partial charge in [0.05, 0.1) is 48.3 Å². The second-order valence-corrected chi connectivity index (χ2v) is 10.9. The van der Waals surface area contributed by atoms with Crippen molar-refractivity contribution in [1.29, 1.82) is 0 Å². The molecule has 6 rings (SSSR count). The molecule has 1 spiro atoms. The molecule has 0 saturated carbocycles. The molecule has 5 heterocycles. The Labute approximate surface area is 241 Å². The molecule has 4 N–H and O–H groups in total. The molecule has 0 bridgehead atoms. The van der Waals surface area contributed by atoms with Gasteiger partial charge in [0.15, 0.2) is 17.0 Å². The first-order valence-corrected chi connectivity index (χ1v) is 13.2. The van der Waals surface area contributed by atoms with E-state index in [9.17, 15) is 28.2 Å². The Bertz CT molecular complexity index is 1520. The van der Waals surface area contributed by atoms with Crippen molar-refractivity contribution in [2.75, 3.05) is 41.3 Å². The van der Waals surface area contributed by atoms with Crippen molar-refractivity contribution in [1.82, 2.24) is 20.3 Å². The molecule has 1 unspecified atom stereocenters. The summed E-state index contributed by atoms with van der Waals surface area (Å²) in [6.45, 7) is -0.597.